The zero-order valence-electron chi connectivity index (χ0n) is 20.7. The number of aliphatic hydroxyl groups excluding tert-OH is 1. The van der Waals surface area contributed by atoms with Gasteiger partial charge in [-0.3, -0.25) is 4.79 Å². The largest absolute Gasteiger partial charge is 0.389 e. The summed E-state index contributed by atoms with van der Waals surface area (Å²) < 4.78 is 18.6. The van der Waals surface area contributed by atoms with Crippen molar-refractivity contribution in [2.45, 2.75) is 63.6 Å². The summed E-state index contributed by atoms with van der Waals surface area (Å²) in [5.74, 6) is 0.0444. The standard InChI is InChI=1S/C30H35NO5/c1-22(32)17-26-29(35-19-24-13-7-3-8-14-24)30(36-20-25-15-9-4-10-16-25)28(33)27(31-26)21-34-18-23-11-5-2-6-12-23/h2-16,26-31,33H,17-21H2,1H3/t26-,27+,28-,29-,30-/m0/s1. The van der Waals surface area contributed by atoms with E-state index >= 15 is 0 Å². The highest BCUT2D eigenvalue weighted by Gasteiger charge is 2.45. The molecule has 0 radical (unpaired) electrons. The number of ketones is 1. The van der Waals surface area contributed by atoms with Gasteiger partial charge in [0.15, 0.2) is 0 Å². The average molecular weight is 490 g/mol. The van der Waals surface area contributed by atoms with Gasteiger partial charge in [0.25, 0.3) is 0 Å². The van der Waals surface area contributed by atoms with Crippen molar-refractivity contribution < 1.29 is 24.1 Å². The molecule has 4 rings (SSSR count). The van der Waals surface area contributed by atoms with E-state index in [1.54, 1.807) is 6.92 Å². The van der Waals surface area contributed by atoms with Crippen LogP contribution < -0.4 is 5.32 Å². The summed E-state index contributed by atoms with van der Waals surface area (Å²) in [6.07, 6.45) is -1.76. The van der Waals surface area contributed by atoms with Crippen LogP contribution in [0.25, 0.3) is 0 Å². The fourth-order valence-corrected chi connectivity index (χ4v) is 4.57. The Bertz CT molecular complexity index is 1050. The van der Waals surface area contributed by atoms with Gasteiger partial charge in [-0.2, -0.15) is 0 Å². The van der Waals surface area contributed by atoms with Gasteiger partial charge in [-0.25, -0.2) is 0 Å². The molecule has 0 spiro atoms. The Balaban J connectivity index is 1.50. The zero-order valence-corrected chi connectivity index (χ0v) is 20.7. The maximum Gasteiger partial charge on any atom is 0.131 e. The van der Waals surface area contributed by atoms with Crippen LogP contribution in [0.5, 0.6) is 0 Å². The Morgan fingerprint density at radius 2 is 1.19 bits per heavy atom. The Hall–Kier alpha value is -2.87. The van der Waals surface area contributed by atoms with Crippen molar-refractivity contribution in [1.29, 1.82) is 0 Å². The number of piperidine rings is 1. The smallest absolute Gasteiger partial charge is 0.131 e. The summed E-state index contributed by atoms with van der Waals surface area (Å²) >= 11 is 0. The molecule has 6 heteroatoms. The number of carbonyl (C=O) groups excluding carboxylic acids is 1. The minimum Gasteiger partial charge on any atom is -0.389 e. The number of rotatable bonds is 12. The lowest BCUT2D eigenvalue weighted by Crippen LogP contribution is -2.67. The van der Waals surface area contributed by atoms with Crippen LogP contribution in [0.4, 0.5) is 0 Å². The molecule has 0 unspecified atom stereocenters. The summed E-state index contributed by atoms with van der Waals surface area (Å²) in [4.78, 5) is 12.2. The van der Waals surface area contributed by atoms with Gasteiger partial charge < -0.3 is 24.6 Å². The van der Waals surface area contributed by atoms with Crippen LogP contribution in [0.3, 0.4) is 0 Å². The quantitative estimate of drug-likeness (QED) is 0.400. The predicted octanol–water partition coefficient (Wildman–Crippen LogP) is 4.05. The third-order valence-electron chi connectivity index (χ3n) is 6.38. The minimum absolute atomic E-state index is 0.0444. The lowest BCUT2D eigenvalue weighted by Gasteiger charge is -2.45. The van der Waals surface area contributed by atoms with Crippen molar-refractivity contribution in [2.75, 3.05) is 6.61 Å². The van der Waals surface area contributed by atoms with E-state index in [4.69, 9.17) is 14.2 Å². The molecule has 1 fully saturated rings. The van der Waals surface area contributed by atoms with E-state index in [-0.39, 0.29) is 24.9 Å². The van der Waals surface area contributed by atoms with Crippen LogP contribution in [-0.4, -0.2) is 47.9 Å². The molecule has 0 aromatic heterocycles. The van der Waals surface area contributed by atoms with Crippen molar-refractivity contribution in [3.8, 4) is 0 Å². The highest BCUT2D eigenvalue weighted by Crippen LogP contribution is 2.26. The Morgan fingerprint density at radius 3 is 1.69 bits per heavy atom. The van der Waals surface area contributed by atoms with E-state index < -0.39 is 24.4 Å². The van der Waals surface area contributed by atoms with Crippen molar-refractivity contribution in [1.82, 2.24) is 5.32 Å². The van der Waals surface area contributed by atoms with Gasteiger partial charge in [0.1, 0.15) is 24.1 Å². The number of benzene rings is 3. The van der Waals surface area contributed by atoms with Crippen LogP contribution in [0.15, 0.2) is 91.0 Å². The third kappa shape index (κ3) is 7.56. The van der Waals surface area contributed by atoms with E-state index in [9.17, 15) is 9.90 Å². The van der Waals surface area contributed by atoms with Gasteiger partial charge in [0.2, 0.25) is 0 Å². The first-order valence-corrected chi connectivity index (χ1v) is 12.5. The molecule has 1 heterocycles. The van der Waals surface area contributed by atoms with Crippen LogP contribution in [0.2, 0.25) is 0 Å². The van der Waals surface area contributed by atoms with Crippen LogP contribution >= 0.6 is 0 Å². The van der Waals surface area contributed by atoms with Crippen LogP contribution in [0, 0.1) is 0 Å². The summed E-state index contributed by atoms with van der Waals surface area (Å²) in [6, 6.07) is 28.9. The zero-order chi connectivity index (χ0) is 25.2. The molecular weight excluding hydrogens is 454 g/mol. The molecule has 0 bridgehead atoms. The molecule has 5 atom stereocenters. The lowest BCUT2D eigenvalue weighted by atomic mass is 9.87. The molecule has 0 saturated carbocycles. The first-order valence-electron chi connectivity index (χ1n) is 12.5. The summed E-state index contributed by atoms with van der Waals surface area (Å²) in [7, 11) is 0. The van der Waals surface area contributed by atoms with E-state index in [0.717, 1.165) is 16.7 Å². The fourth-order valence-electron chi connectivity index (χ4n) is 4.57. The predicted molar refractivity (Wildman–Crippen MR) is 138 cm³/mol. The summed E-state index contributed by atoms with van der Waals surface area (Å²) in [6.45, 7) is 2.97. The highest BCUT2D eigenvalue weighted by atomic mass is 16.6. The Labute approximate surface area is 213 Å². The highest BCUT2D eigenvalue weighted by molar-refractivity contribution is 5.76. The van der Waals surface area contributed by atoms with Gasteiger partial charge >= 0.3 is 0 Å². The van der Waals surface area contributed by atoms with Gasteiger partial charge in [0.05, 0.1) is 32.5 Å². The Kier molecular flexibility index (Phi) is 9.78. The molecule has 0 aliphatic carbocycles. The van der Waals surface area contributed by atoms with Gasteiger partial charge in [0, 0.05) is 12.5 Å². The molecule has 190 valence electrons. The number of ether oxygens (including phenoxy) is 3. The molecule has 1 saturated heterocycles. The number of nitrogens with one attached hydrogen (secondary N) is 1. The number of carbonyl (C=O) groups is 1. The van der Waals surface area contributed by atoms with E-state index in [1.807, 2.05) is 91.0 Å². The minimum atomic E-state index is -0.881. The number of aliphatic hydroxyl groups is 1. The first-order chi connectivity index (χ1) is 17.6. The number of hydrogen-bond acceptors (Lipinski definition) is 6. The number of Topliss-reactive ketones (excluding diaryl/α,β-unsaturated/α-hetero) is 1. The van der Waals surface area contributed by atoms with Crippen molar-refractivity contribution in [2.24, 2.45) is 0 Å². The second kappa shape index (κ2) is 13.4. The van der Waals surface area contributed by atoms with Gasteiger partial charge in [-0.05, 0) is 23.6 Å². The average Bonchev–Trinajstić information content (AvgIpc) is 2.90. The molecule has 0 amide bonds. The molecule has 2 N–H and O–H groups in total. The maximum atomic E-state index is 12.2. The summed E-state index contributed by atoms with van der Waals surface area (Å²) in [5.41, 5.74) is 3.08. The first kappa shape index (κ1) is 26.2. The summed E-state index contributed by atoms with van der Waals surface area (Å²) in [5, 5.41) is 14.8. The molecule has 36 heavy (non-hydrogen) atoms. The van der Waals surface area contributed by atoms with Crippen molar-refractivity contribution in [3.05, 3.63) is 108 Å². The number of hydrogen-bond donors (Lipinski definition) is 2. The topological polar surface area (TPSA) is 77.0 Å². The second-order valence-electron chi connectivity index (χ2n) is 9.30. The SMILES string of the molecule is CC(=O)C[C@@H]1N[C@H](COCc2ccccc2)[C@H](O)[C@H](OCc2ccccc2)[C@H]1OCc1ccccc1. The van der Waals surface area contributed by atoms with E-state index in [2.05, 4.69) is 5.32 Å². The molecular formula is C30H35NO5. The molecule has 6 nitrogen and oxygen atoms in total. The molecule has 3 aromatic rings. The van der Waals surface area contributed by atoms with Crippen LogP contribution in [-0.2, 0) is 38.8 Å². The van der Waals surface area contributed by atoms with Crippen molar-refractivity contribution >= 4 is 5.78 Å². The third-order valence-corrected chi connectivity index (χ3v) is 6.38. The lowest BCUT2D eigenvalue weighted by molar-refractivity contribution is -0.178. The second-order valence-corrected chi connectivity index (χ2v) is 9.30. The maximum absolute atomic E-state index is 12.2. The van der Waals surface area contributed by atoms with Crippen molar-refractivity contribution in [3.63, 3.8) is 0 Å². The van der Waals surface area contributed by atoms with Gasteiger partial charge in [-0.15, -0.1) is 0 Å². The van der Waals surface area contributed by atoms with Crippen LogP contribution in [0.1, 0.15) is 30.0 Å². The monoisotopic (exact) mass is 489 g/mol. The van der Waals surface area contributed by atoms with Gasteiger partial charge in [-0.1, -0.05) is 91.0 Å². The fraction of sp³-hybridized carbons (Fsp3) is 0.367. The molecule has 3 aromatic carbocycles. The molecule has 1 aliphatic rings. The molecule has 1 aliphatic heterocycles. The van der Waals surface area contributed by atoms with E-state index in [0.29, 0.717) is 19.8 Å². The van der Waals surface area contributed by atoms with E-state index in [1.165, 1.54) is 0 Å². The Morgan fingerprint density at radius 1 is 0.722 bits per heavy atom. The normalized spacial score (nSPS) is 23.9.